The number of fused-ring (bicyclic) bond motifs is 4. The van der Waals surface area contributed by atoms with Crippen molar-refractivity contribution in [3.8, 4) is 23.0 Å². The van der Waals surface area contributed by atoms with Gasteiger partial charge in [0.15, 0.2) is 0 Å². The summed E-state index contributed by atoms with van der Waals surface area (Å²) in [5, 5.41) is 68.7. The van der Waals surface area contributed by atoms with Crippen molar-refractivity contribution in [3.05, 3.63) is 133 Å². The molecular formula is C60H73CrN6O10S2+3. The van der Waals surface area contributed by atoms with Crippen molar-refractivity contribution in [3.63, 3.8) is 0 Å². The first-order valence-electron chi connectivity index (χ1n) is 26.7. The summed E-state index contributed by atoms with van der Waals surface area (Å²) in [6.07, 6.45) is 19.8. The molecular weight excluding hydrogens is 1080 g/mol. The van der Waals surface area contributed by atoms with Crippen LogP contribution in [-0.4, -0.2) is 71.5 Å². The molecule has 0 radical (unpaired) electrons. The zero-order valence-electron chi connectivity index (χ0n) is 47.5. The van der Waals surface area contributed by atoms with Gasteiger partial charge in [-0.05, 0) is 74.5 Å². The van der Waals surface area contributed by atoms with Crippen LogP contribution >= 0.6 is 0 Å². The van der Waals surface area contributed by atoms with Crippen LogP contribution in [0, 0.1) is 0 Å². The Balaban J connectivity index is 0.000000307. The summed E-state index contributed by atoms with van der Waals surface area (Å²) in [6.45, 7) is 6.86. The summed E-state index contributed by atoms with van der Waals surface area (Å²) in [4.78, 5) is -0.847. The Morgan fingerprint density at radius 2 is 0.759 bits per heavy atom. The van der Waals surface area contributed by atoms with Crippen molar-refractivity contribution >= 4 is 86.1 Å². The summed E-state index contributed by atoms with van der Waals surface area (Å²) in [5.41, 5.74) is 0.492. The summed E-state index contributed by atoms with van der Waals surface area (Å²) in [6, 6.07) is 37.3. The van der Waals surface area contributed by atoms with E-state index in [1.165, 1.54) is 127 Å². The number of phenolic OH excluding ortho intramolecular Hbond substituents is 4. The number of nitrogens with one attached hydrogen (secondary N) is 2. The first-order chi connectivity index (χ1) is 37.6. The molecule has 2 fully saturated rings. The zero-order valence-corrected chi connectivity index (χ0v) is 47.4. The first kappa shape index (κ1) is 61.7. The number of azo groups is 2. The smallest absolute Gasteiger partial charge is 0.506 e. The van der Waals surface area contributed by atoms with E-state index in [1.54, 1.807) is 72.8 Å². The number of nitrogens with zero attached hydrogens (tertiary/aromatic N) is 4. The average Bonchev–Trinajstić information content (AvgIpc) is 3.63. The molecule has 16 nitrogen and oxygen atoms in total. The SMILES string of the molecule is C1CCC(NC2CCCCC2)CC1.CCCCNCCCC.O=S(=O)(O)c1cc(O)c(N=Nc2c(O)ccc3ccccc23)c2ccccc12.O=S(=O)(O)c1cc(O)c(N=Nc2c(O)ccc3ccccc23)c2ccccc12.[Cr].[H+].[H+].[H+]. The summed E-state index contributed by atoms with van der Waals surface area (Å²) in [7, 11) is -9.09. The van der Waals surface area contributed by atoms with E-state index in [9.17, 15) is 46.4 Å². The third kappa shape index (κ3) is 16.8. The van der Waals surface area contributed by atoms with E-state index < -0.39 is 41.5 Å². The van der Waals surface area contributed by atoms with Crippen molar-refractivity contribution in [2.75, 3.05) is 13.1 Å². The molecule has 19 heteroatoms. The van der Waals surface area contributed by atoms with Gasteiger partial charge in [0.05, 0.1) is 0 Å². The molecule has 0 saturated heterocycles. The van der Waals surface area contributed by atoms with E-state index in [-0.39, 0.29) is 66.7 Å². The fraction of sp³-hybridized carbons (Fsp3) is 0.333. The molecule has 0 unspecified atom stereocenters. The van der Waals surface area contributed by atoms with Crippen LogP contribution in [0.15, 0.2) is 164 Å². The number of hydrogen-bond acceptors (Lipinski definition) is 14. The van der Waals surface area contributed by atoms with Gasteiger partial charge in [0, 0.05) is 73.9 Å². The normalized spacial score (nSPS) is 14.3. The van der Waals surface area contributed by atoms with Gasteiger partial charge in [-0.2, -0.15) is 16.8 Å². The molecule has 0 heterocycles. The van der Waals surface area contributed by atoms with Gasteiger partial charge in [-0.25, -0.2) is 0 Å². The van der Waals surface area contributed by atoms with Crippen LogP contribution in [0.5, 0.6) is 23.0 Å². The van der Waals surface area contributed by atoms with Crippen molar-refractivity contribution < 1.29 is 68.0 Å². The minimum absolute atomic E-state index is 0. The van der Waals surface area contributed by atoms with E-state index in [4.69, 9.17) is 0 Å². The maximum Gasteiger partial charge on any atom is 1.00 e. The second-order valence-corrected chi connectivity index (χ2v) is 22.3. The van der Waals surface area contributed by atoms with Gasteiger partial charge >= 0.3 is 4.28 Å². The summed E-state index contributed by atoms with van der Waals surface area (Å²) < 4.78 is 65.4. The van der Waals surface area contributed by atoms with E-state index in [2.05, 4.69) is 44.9 Å². The maximum atomic E-state index is 11.6. The Bertz CT molecular complexity index is 3390. The Labute approximate surface area is 477 Å². The molecule has 10 rings (SSSR count). The van der Waals surface area contributed by atoms with Gasteiger partial charge < -0.3 is 31.1 Å². The maximum absolute atomic E-state index is 11.6. The second kappa shape index (κ2) is 29.6. The standard InChI is InChI=1S/2C20H14N2O5S.C12H23N.C8H19N.Cr/c2*23-16-10-9-12-5-1-2-6-13(12)19(16)21-22-20-15-8-4-3-7-14(15)18(11-17(20)24)28(25,26)27;1-3-7-11(8-4-1)13-12-9-5-2-6-10-12;1-3-5-7-9-8-6-4-2;/h2*1-11,23-24H,(H,25,26,27);11-13H,1-10H2;9H,3-8H2,1-2H3;/p+3. The largest absolute Gasteiger partial charge is 1.00 e. The van der Waals surface area contributed by atoms with Crippen LogP contribution in [0.25, 0.3) is 43.1 Å². The number of benzene rings is 8. The van der Waals surface area contributed by atoms with Crippen LogP contribution < -0.4 is 10.6 Å². The molecule has 0 aliphatic heterocycles. The first-order valence-corrected chi connectivity index (χ1v) is 29.6. The summed E-state index contributed by atoms with van der Waals surface area (Å²) >= 11 is 0. The topological polar surface area (TPSA) is 263 Å². The van der Waals surface area contributed by atoms with Crippen molar-refractivity contribution in [1.29, 1.82) is 0 Å². The predicted molar refractivity (Wildman–Crippen MR) is 313 cm³/mol. The van der Waals surface area contributed by atoms with Gasteiger partial charge in [0.1, 0.15) is 55.5 Å². The Hall–Kier alpha value is -6.53. The fourth-order valence-corrected chi connectivity index (χ4v) is 11.2. The third-order valence-corrected chi connectivity index (χ3v) is 15.6. The molecule has 2 aliphatic carbocycles. The molecule has 2 aliphatic rings. The molecule has 8 N–H and O–H groups in total. The molecule has 0 spiro atoms. The number of rotatable bonds is 14. The van der Waals surface area contributed by atoms with Crippen molar-refractivity contribution in [2.45, 2.75) is 126 Å². The quantitative estimate of drug-likeness (QED) is 0.0287. The predicted octanol–water partition coefficient (Wildman–Crippen LogP) is 15.9. The molecule has 0 bridgehead atoms. The van der Waals surface area contributed by atoms with Crippen molar-refractivity contribution in [1.82, 2.24) is 10.6 Å². The van der Waals surface area contributed by atoms with E-state index in [0.717, 1.165) is 35.0 Å². The third-order valence-electron chi connectivity index (χ3n) is 13.8. The minimum atomic E-state index is -4.54. The molecule has 0 amide bonds. The molecule has 79 heavy (non-hydrogen) atoms. The van der Waals surface area contributed by atoms with Crippen LogP contribution in [0.1, 0.15) is 108 Å². The molecule has 2 saturated carbocycles. The van der Waals surface area contributed by atoms with Crippen LogP contribution in [-0.2, 0) is 37.6 Å². The van der Waals surface area contributed by atoms with Gasteiger partial charge in [0.2, 0.25) is 0 Å². The number of unbranched alkanes of at least 4 members (excludes halogenated alkanes) is 2. The monoisotopic (exact) mass is 1150 g/mol. The van der Waals surface area contributed by atoms with Gasteiger partial charge in [-0.15, -0.1) is 20.5 Å². The molecule has 418 valence electrons. The van der Waals surface area contributed by atoms with Crippen LogP contribution in [0.3, 0.4) is 0 Å². The Morgan fingerprint density at radius 3 is 1.10 bits per heavy atom. The molecule has 8 aromatic carbocycles. The zero-order chi connectivity index (χ0) is 55.7. The van der Waals surface area contributed by atoms with Crippen LogP contribution in [0.4, 0.5) is 22.7 Å². The van der Waals surface area contributed by atoms with Gasteiger partial charge in [0.25, 0.3) is 20.2 Å². The molecule has 0 atom stereocenters. The van der Waals surface area contributed by atoms with E-state index in [1.807, 2.05) is 24.3 Å². The average molecular weight is 1150 g/mol. The van der Waals surface area contributed by atoms with Gasteiger partial charge in [-0.1, -0.05) is 174 Å². The molecule has 0 aromatic heterocycles. The fourth-order valence-electron chi connectivity index (χ4n) is 9.76. The van der Waals surface area contributed by atoms with Gasteiger partial charge in [-0.3, -0.25) is 9.11 Å². The van der Waals surface area contributed by atoms with Crippen LogP contribution in [0.2, 0.25) is 0 Å². The minimum Gasteiger partial charge on any atom is -0.506 e. The Morgan fingerprint density at radius 1 is 0.443 bits per heavy atom. The number of phenols is 4. The van der Waals surface area contributed by atoms with E-state index in [0.29, 0.717) is 21.5 Å². The number of aromatic hydroxyl groups is 4. The van der Waals surface area contributed by atoms with Crippen molar-refractivity contribution in [2.24, 2.45) is 20.5 Å². The number of hydrogen-bond donors (Lipinski definition) is 8. The van der Waals surface area contributed by atoms with E-state index >= 15 is 0 Å². The second-order valence-electron chi connectivity index (χ2n) is 19.5. The summed E-state index contributed by atoms with van der Waals surface area (Å²) in [5.74, 6) is -1.09. The molecule has 8 aromatic rings. The Kier molecular flexibility index (Phi) is 23.1.